The number of hydrogen-bond acceptors (Lipinski definition) is 6. The van der Waals surface area contributed by atoms with Gasteiger partial charge >= 0.3 is 5.97 Å². The summed E-state index contributed by atoms with van der Waals surface area (Å²) in [6, 6.07) is 12.3. The van der Waals surface area contributed by atoms with E-state index in [-0.39, 0.29) is 0 Å². The van der Waals surface area contributed by atoms with Gasteiger partial charge in [0.05, 0.1) is 17.4 Å². The van der Waals surface area contributed by atoms with Gasteiger partial charge in [0, 0.05) is 11.1 Å². The Morgan fingerprint density at radius 2 is 2.04 bits per heavy atom. The molecule has 0 fully saturated rings. The summed E-state index contributed by atoms with van der Waals surface area (Å²) in [4.78, 5) is 23.6. The van der Waals surface area contributed by atoms with Crippen molar-refractivity contribution in [2.45, 2.75) is 0 Å². The molecule has 0 saturated heterocycles. The molecule has 0 aliphatic carbocycles. The van der Waals surface area contributed by atoms with Crippen LogP contribution in [0.3, 0.4) is 0 Å². The number of amides is 1. The maximum Gasteiger partial charge on any atom is 0.331 e. The number of carbonyl (C=O) groups is 2. The molecule has 2 aromatic carbocycles. The number of halogens is 1. The Kier molecular flexibility index (Phi) is 5.37. The fraction of sp³-hybridized carbons (Fsp3) is 0.0588. The van der Waals surface area contributed by atoms with Crippen molar-refractivity contribution < 1.29 is 14.3 Å². The van der Waals surface area contributed by atoms with Crippen LogP contribution < -0.4 is 5.32 Å². The summed E-state index contributed by atoms with van der Waals surface area (Å²) in [6.45, 7) is -0.396. The molecule has 8 heteroatoms. The number of nitrogens with one attached hydrogen (secondary N) is 1. The molecule has 1 amide bonds. The van der Waals surface area contributed by atoms with E-state index in [9.17, 15) is 9.59 Å². The smallest absolute Gasteiger partial charge is 0.331 e. The van der Waals surface area contributed by atoms with Crippen molar-refractivity contribution in [1.82, 2.24) is 8.75 Å². The molecule has 0 unspecified atom stereocenters. The van der Waals surface area contributed by atoms with Crippen LogP contribution in [-0.2, 0) is 14.3 Å². The Morgan fingerprint density at radius 1 is 1.20 bits per heavy atom. The molecule has 1 aromatic heterocycles. The number of anilines is 1. The number of fused-ring (bicyclic) bond motifs is 1. The zero-order valence-electron chi connectivity index (χ0n) is 12.8. The molecule has 25 heavy (non-hydrogen) atoms. The number of hydrogen-bond donors (Lipinski definition) is 1. The van der Waals surface area contributed by atoms with Gasteiger partial charge < -0.3 is 10.1 Å². The predicted octanol–water partition coefficient (Wildman–Crippen LogP) is 3.54. The molecule has 3 aromatic rings. The topological polar surface area (TPSA) is 81.2 Å². The summed E-state index contributed by atoms with van der Waals surface area (Å²) in [5, 5.41) is 3.22. The first-order chi connectivity index (χ1) is 12.1. The second kappa shape index (κ2) is 7.87. The van der Waals surface area contributed by atoms with E-state index in [1.165, 1.54) is 6.08 Å². The van der Waals surface area contributed by atoms with Crippen molar-refractivity contribution in [3.8, 4) is 0 Å². The molecule has 0 saturated carbocycles. The first kappa shape index (κ1) is 17.1. The summed E-state index contributed by atoms with van der Waals surface area (Å²) >= 11 is 6.92. The van der Waals surface area contributed by atoms with Gasteiger partial charge in [-0.15, -0.1) is 0 Å². The van der Waals surface area contributed by atoms with Gasteiger partial charge in [-0.3, -0.25) is 4.79 Å². The number of esters is 1. The Bertz CT molecular complexity index is 955. The van der Waals surface area contributed by atoms with E-state index in [4.69, 9.17) is 16.3 Å². The van der Waals surface area contributed by atoms with Gasteiger partial charge in [0.2, 0.25) is 0 Å². The van der Waals surface area contributed by atoms with Gasteiger partial charge in [0.1, 0.15) is 11.0 Å². The van der Waals surface area contributed by atoms with E-state index < -0.39 is 18.5 Å². The van der Waals surface area contributed by atoms with Gasteiger partial charge in [-0.1, -0.05) is 29.8 Å². The number of aromatic nitrogens is 2. The third-order valence-electron chi connectivity index (χ3n) is 3.17. The largest absolute Gasteiger partial charge is 0.452 e. The number of ether oxygens (including phenoxy) is 1. The molecule has 0 radical (unpaired) electrons. The highest BCUT2D eigenvalue weighted by Gasteiger charge is 2.10. The average molecular weight is 374 g/mol. The lowest BCUT2D eigenvalue weighted by molar-refractivity contribution is -0.142. The lowest BCUT2D eigenvalue weighted by Crippen LogP contribution is -2.20. The lowest BCUT2D eigenvalue weighted by Gasteiger charge is -2.05. The fourth-order valence-corrected chi connectivity index (χ4v) is 2.80. The minimum Gasteiger partial charge on any atom is -0.452 e. The van der Waals surface area contributed by atoms with Crippen LogP contribution in [0, 0.1) is 0 Å². The van der Waals surface area contributed by atoms with Gasteiger partial charge in [-0.2, -0.15) is 8.75 Å². The minimum absolute atomic E-state index is 0.396. The highest BCUT2D eigenvalue weighted by Crippen LogP contribution is 2.20. The van der Waals surface area contributed by atoms with E-state index in [0.29, 0.717) is 21.7 Å². The fourth-order valence-electron chi connectivity index (χ4n) is 2.05. The van der Waals surface area contributed by atoms with Gasteiger partial charge in [0.25, 0.3) is 5.91 Å². The standard InChI is InChI=1S/C17H12ClN3O3S/c18-12-4-1-3-11(9-12)7-8-16(23)24-10-15(22)19-13-5-2-6-14-17(13)21-25-20-14/h1-9H,10H2,(H,19,22). The molecular formula is C17H12ClN3O3S. The predicted molar refractivity (Wildman–Crippen MR) is 97.5 cm³/mol. The Balaban J connectivity index is 1.53. The van der Waals surface area contributed by atoms with Crippen LogP contribution in [0.4, 0.5) is 5.69 Å². The molecule has 1 heterocycles. The third-order valence-corrected chi connectivity index (χ3v) is 3.94. The summed E-state index contributed by atoms with van der Waals surface area (Å²) < 4.78 is 13.1. The third kappa shape index (κ3) is 4.62. The molecule has 0 spiro atoms. The van der Waals surface area contributed by atoms with E-state index in [1.54, 1.807) is 48.5 Å². The van der Waals surface area contributed by atoms with Crippen molar-refractivity contribution in [3.05, 3.63) is 59.1 Å². The zero-order chi connectivity index (χ0) is 17.6. The quantitative estimate of drug-likeness (QED) is 0.546. The second-order valence-electron chi connectivity index (χ2n) is 4.98. The summed E-state index contributed by atoms with van der Waals surface area (Å²) in [6.07, 6.45) is 2.80. The zero-order valence-corrected chi connectivity index (χ0v) is 14.4. The normalized spacial score (nSPS) is 10.9. The van der Waals surface area contributed by atoms with Crippen LogP contribution in [0.5, 0.6) is 0 Å². The average Bonchev–Trinajstić information content (AvgIpc) is 3.08. The number of benzene rings is 2. The van der Waals surface area contributed by atoms with Crippen molar-refractivity contribution in [2.75, 3.05) is 11.9 Å². The van der Waals surface area contributed by atoms with E-state index >= 15 is 0 Å². The van der Waals surface area contributed by atoms with Crippen LogP contribution in [0.1, 0.15) is 5.56 Å². The Morgan fingerprint density at radius 3 is 2.88 bits per heavy atom. The molecule has 6 nitrogen and oxygen atoms in total. The van der Waals surface area contributed by atoms with Crippen molar-refractivity contribution in [2.24, 2.45) is 0 Å². The SMILES string of the molecule is O=C(COC(=O)C=Cc1cccc(Cl)c1)Nc1cccc2nsnc12. The minimum atomic E-state index is -0.622. The maximum absolute atomic E-state index is 11.9. The van der Waals surface area contributed by atoms with Crippen LogP contribution in [0.25, 0.3) is 17.1 Å². The summed E-state index contributed by atoms with van der Waals surface area (Å²) in [5.41, 5.74) is 2.59. The first-order valence-corrected chi connectivity index (χ1v) is 8.34. The van der Waals surface area contributed by atoms with E-state index in [0.717, 1.165) is 17.3 Å². The van der Waals surface area contributed by atoms with Crippen molar-refractivity contribution in [3.63, 3.8) is 0 Å². The molecule has 0 bridgehead atoms. The van der Waals surface area contributed by atoms with Gasteiger partial charge in [-0.05, 0) is 35.9 Å². The van der Waals surface area contributed by atoms with E-state index in [2.05, 4.69) is 14.1 Å². The van der Waals surface area contributed by atoms with Crippen LogP contribution in [-0.4, -0.2) is 27.2 Å². The molecule has 1 N–H and O–H groups in total. The Hall–Kier alpha value is -2.77. The van der Waals surface area contributed by atoms with Crippen molar-refractivity contribution in [1.29, 1.82) is 0 Å². The summed E-state index contributed by atoms with van der Waals surface area (Å²) in [5.74, 6) is -1.08. The first-order valence-electron chi connectivity index (χ1n) is 7.23. The van der Waals surface area contributed by atoms with Crippen LogP contribution in [0.2, 0.25) is 5.02 Å². The maximum atomic E-state index is 11.9. The summed E-state index contributed by atoms with van der Waals surface area (Å²) in [7, 11) is 0. The highest BCUT2D eigenvalue weighted by atomic mass is 35.5. The molecule has 3 rings (SSSR count). The molecule has 0 atom stereocenters. The molecule has 0 aliphatic rings. The molecule has 126 valence electrons. The lowest BCUT2D eigenvalue weighted by atomic mass is 10.2. The number of rotatable bonds is 5. The second-order valence-corrected chi connectivity index (χ2v) is 5.95. The van der Waals surface area contributed by atoms with Crippen molar-refractivity contribution >= 4 is 58.0 Å². The van der Waals surface area contributed by atoms with Crippen LogP contribution in [0.15, 0.2) is 48.5 Å². The highest BCUT2D eigenvalue weighted by molar-refractivity contribution is 7.00. The van der Waals surface area contributed by atoms with Crippen LogP contribution >= 0.6 is 23.3 Å². The number of nitrogens with zero attached hydrogens (tertiary/aromatic N) is 2. The monoisotopic (exact) mass is 373 g/mol. The Labute approximate surface area is 152 Å². The molecular weight excluding hydrogens is 362 g/mol. The van der Waals surface area contributed by atoms with Gasteiger partial charge in [-0.25, -0.2) is 4.79 Å². The number of carbonyl (C=O) groups excluding carboxylic acids is 2. The molecule has 0 aliphatic heterocycles. The van der Waals surface area contributed by atoms with Gasteiger partial charge in [0.15, 0.2) is 6.61 Å². The van der Waals surface area contributed by atoms with E-state index in [1.807, 2.05) is 0 Å².